The largest absolute Gasteiger partial charge is 0.416 e. The van der Waals surface area contributed by atoms with E-state index >= 15 is 0 Å². The highest BCUT2D eigenvalue weighted by Crippen LogP contribution is 2.34. The molecule has 4 rings (SSSR count). The predicted molar refractivity (Wildman–Crippen MR) is 102 cm³/mol. The van der Waals surface area contributed by atoms with Gasteiger partial charge in [0.2, 0.25) is 11.8 Å². The summed E-state index contributed by atoms with van der Waals surface area (Å²) in [5, 5.41) is 6.35. The van der Waals surface area contributed by atoms with E-state index in [1.54, 1.807) is 6.07 Å². The van der Waals surface area contributed by atoms with Crippen molar-refractivity contribution in [2.75, 3.05) is 16.8 Å². The van der Waals surface area contributed by atoms with Crippen LogP contribution in [0.1, 0.15) is 12.0 Å². The zero-order chi connectivity index (χ0) is 22.2. The van der Waals surface area contributed by atoms with Crippen molar-refractivity contribution >= 4 is 23.2 Å². The third kappa shape index (κ3) is 4.11. The van der Waals surface area contributed by atoms with Crippen molar-refractivity contribution in [1.82, 2.24) is 14.8 Å². The summed E-state index contributed by atoms with van der Waals surface area (Å²) in [6.07, 6.45) is -2.34. The van der Waals surface area contributed by atoms with Gasteiger partial charge in [-0.3, -0.25) is 9.59 Å². The van der Waals surface area contributed by atoms with Crippen LogP contribution in [0.4, 0.5) is 28.9 Å². The zero-order valence-corrected chi connectivity index (χ0v) is 15.8. The smallest absolute Gasteiger partial charge is 0.324 e. The summed E-state index contributed by atoms with van der Waals surface area (Å²) in [6.45, 7) is -0.0940. The summed E-state index contributed by atoms with van der Waals surface area (Å²) < 4.78 is 54.8. The van der Waals surface area contributed by atoms with E-state index in [1.807, 2.05) is 0 Å². The van der Waals surface area contributed by atoms with Gasteiger partial charge in [-0.2, -0.15) is 18.3 Å². The molecule has 2 amide bonds. The molecule has 1 fully saturated rings. The third-order valence-electron chi connectivity index (χ3n) is 4.89. The predicted octanol–water partition coefficient (Wildman–Crippen LogP) is 3.42. The monoisotopic (exact) mass is 433 g/mol. The summed E-state index contributed by atoms with van der Waals surface area (Å²) in [4.78, 5) is 30.1. The Morgan fingerprint density at radius 2 is 1.90 bits per heavy atom. The average molecular weight is 433 g/mol. The minimum Gasteiger partial charge on any atom is -0.324 e. The highest BCUT2D eigenvalue weighted by Gasteiger charge is 2.37. The van der Waals surface area contributed by atoms with E-state index in [4.69, 9.17) is 0 Å². The van der Waals surface area contributed by atoms with Gasteiger partial charge in [-0.05, 0) is 30.3 Å². The molecule has 7 nitrogen and oxygen atoms in total. The molecule has 1 aliphatic rings. The Kier molecular flexibility index (Phi) is 5.17. The van der Waals surface area contributed by atoms with E-state index in [9.17, 15) is 27.2 Å². The van der Waals surface area contributed by atoms with E-state index in [0.717, 1.165) is 17.0 Å². The number of para-hydroxylation sites is 1. The highest BCUT2D eigenvalue weighted by atomic mass is 19.4. The van der Waals surface area contributed by atoms with Crippen molar-refractivity contribution < 1.29 is 27.2 Å². The van der Waals surface area contributed by atoms with Gasteiger partial charge in [0.1, 0.15) is 18.5 Å². The van der Waals surface area contributed by atoms with Crippen LogP contribution in [0.3, 0.4) is 0 Å². The third-order valence-corrected chi connectivity index (χ3v) is 4.89. The lowest BCUT2D eigenvalue weighted by Gasteiger charge is -2.18. The lowest BCUT2D eigenvalue weighted by atomic mass is 10.1. The Hall–Kier alpha value is -3.76. The van der Waals surface area contributed by atoms with Crippen molar-refractivity contribution in [3.63, 3.8) is 0 Å². The van der Waals surface area contributed by atoms with Gasteiger partial charge >= 0.3 is 6.18 Å². The van der Waals surface area contributed by atoms with Gasteiger partial charge in [0.15, 0.2) is 0 Å². The number of rotatable bonds is 4. The van der Waals surface area contributed by atoms with Crippen molar-refractivity contribution in [1.29, 1.82) is 0 Å². The van der Waals surface area contributed by atoms with Crippen LogP contribution in [0.15, 0.2) is 55.1 Å². The van der Waals surface area contributed by atoms with Gasteiger partial charge in [0.25, 0.3) is 0 Å². The van der Waals surface area contributed by atoms with Crippen LogP contribution in [-0.2, 0) is 15.8 Å². The Morgan fingerprint density at radius 3 is 2.58 bits per heavy atom. The van der Waals surface area contributed by atoms with Crippen LogP contribution < -0.4 is 10.2 Å². The fourth-order valence-corrected chi connectivity index (χ4v) is 3.37. The summed E-state index contributed by atoms with van der Waals surface area (Å²) in [5.74, 6) is -2.59. The Bertz CT molecular complexity index is 1130. The SMILES string of the molecule is O=C(Nc1cc(C(F)(F)F)ccc1-n1cncn1)C1CC(=O)N(c2ccccc2F)C1. The second-order valence-electron chi connectivity index (χ2n) is 6.92. The normalized spacial score (nSPS) is 16.6. The molecule has 2 aromatic carbocycles. The molecule has 1 unspecified atom stereocenters. The first-order valence-electron chi connectivity index (χ1n) is 9.16. The molecule has 0 bridgehead atoms. The number of aromatic nitrogens is 3. The molecule has 2 heterocycles. The average Bonchev–Trinajstić information content (AvgIpc) is 3.38. The zero-order valence-electron chi connectivity index (χ0n) is 15.8. The number of carbonyl (C=O) groups excluding carboxylic acids is 2. The van der Waals surface area contributed by atoms with Crippen LogP contribution in [0.2, 0.25) is 0 Å². The van der Waals surface area contributed by atoms with E-state index < -0.39 is 35.3 Å². The maximum atomic E-state index is 14.0. The summed E-state index contributed by atoms with van der Waals surface area (Å²) in [6, 6.07) is 8.48. The van der Waals surface area contributed by atoms with Crippen LogP contribution in [0.25, 0.3) is 5.69 Å². The molecular formula is C20H15F4N5O2. The first-order valence-corrected chi connectivity index (χ1v) is 9.16. The van der Waals surface area contributed by atoms with Gasteiger partial charge in [-0.25, -0.2) is 14.1 Å². The fourth-order valence-electron chi connectivity index (χ4n) is 3.37. The topological polar surface area (TPSA) is 80.1 Å². The number of nitrogens with one attached hydrogen (secondary N) is 1. The molecule has 1 saturated heterocycles. The molecule has 3 aromatic rings. The molecule has 160 valence electrons. The lowest BCUT2D eigenvalue weighted by Crippen LogP contribution is -2.29. The molecule has 1 aromatic heterocycles. The van der Waals surface area contributed by atoms with Crippen LogP contribution >= 0.6 is 0 Å². The standard InChI is InChI=1S/C20H15F4N5O2/c21-14-3-1-2-4-16(14)28-9-12(7-18(28)30)19(31)27-15-8-13(20(22,23)24)5-6-17(15)29-11-25-10-26-29/h1-6,8,10-12H,7,9H2,(H,27,31). The Morgan fingerprint density at radius 1 is 1.13 bits per heavy atom. The van der Waals surface area contributed by atoms with E-state index in [0.29, 0.717) is 0 Å². The van der Waals surface area contributed by atoms with Gasteiger partial charge < -0.3 is 10.2 Å². The minimum atomic E-state index is -4.62. The molecule has 1 aliphatic heterocycles. The first-order chi connectivity index (χ1) is 14.7. The quantitative estimate of drug-likeness (QED) is 0.640. The number of anilines is 2. The van der Waals surface area contributed by atoms with Crippen LogP contribution in [0.5, 0.6) is 0 Å². The molecule has 1 N–H and O–H groups in total. The lowest BCUT2D eigenvalue weighted by molar-refractivity contribution is -0.137. The van der Waals surface area contributed by atoms with Crippen molar-refractivity contribution in [2.45, 2.75) is 12.6 Å². The van der Waals surface area contributed by atoms with E-state index in [-0.39, 0.29) is 30.0 Å². The first kappa shape index (κ1) is 20.5. The molecular weight excluding hydrogens is 418 g/mol. The number of alkyl halides is 3. The maximum Gasteiger partial charge on any atom is 0.416 e. The number of hydrogen-bond acceptors (Lipinski definition) is 4. The van der Waals surface area contributed by atoms with Gasteiger partial charge in [0, 0.05) is 13.0 Å². The summed E-state index contributed by atoms with van der Waals surface area (Å²) >= 11 is 0. The Balaban J connectivity index is 1.60. The number of halogens is 4. The summed E-state index contributed by atoms with van der Waals surface area (Å²) in [5.41, 5.74) is -0.872. The second-order valence-corrected chi connectivity index (χ2v) is 6.92. The van der Waals surface area contributed by atoms with Crippen molar-refractivity contribution in [2.24, 2.45) is 5.92 Å². The number of carbonyl (C=O) groups is 2. The second kappa shape index (κ2) is 7.82. The Labute approximate surface area is 173 Å². The molecule has 1 atom stereocenters. The van der Waals surface area contributed by atoms with Gasteiger partial charge in [-0.1, -0.05) is 12.1 Å². The van der Waals surface area contributed by atoms with Crippen LogP contribution in [-0.4, -0.2) is 33.1 Å². The molecule has 11 heteroatoms. The summed E-state index contributed by atoms with van der Waals surface area (Å²) in [7, 11) is 0. The molecule has 0 saturated carbocycles. The maximum absolute atomic E-state index is 14.0. The number of amides is 2. The van der Waals surface area contributed by atoms with Gasteiger partial charge in [-0.15, -0.1) is 0 Å². The fraction of sp³-hybridized carbons (Fsp3) is 0.200. The molecule has 0 spiro atoms. The van der Waals surface area contributed by atoms with Crippen LogP contribution in [0, 0.1) is 11.7 Å². The van der Waals surface area contributed by atoms with Crippen molar-refractivity contribution in [3.8, 4) is 5.69 Å². The van der Waals surface area contributed by atoms with E-state index in [2.05, 4.69) is 15.4 Å². The minimum absolute atomic E-state index is 0.0465. The van der Waals surface area contributed by atoms with E-state index in [1.165, 1.54) is 41.6 Å². The highest BCUT2D eigenvalue weighted by molar-refractivity contribution is 6.04. The number of nitrogens with zero attached hydrogens (tertiary/aromatic N) is 4. The molecule has 31 heavy (non-hydrogen) atoms. The number of hydrogen-bond donors (Lipinski definition) is 1. The molecule has 0 radical (unpaired) electrons. The van der Waals surface area contributed by atoms with Crippen molar-refractivity contribution in [3.05, 3.63) is 66.5 Å². The number of benzene rings is 2. The molecule has 0 aliphatic carbocycles. The van der Waals surface area contributed by atoms with Gasteiger partial charge in [0.05, 0.1) is 28.5 Å².